The second kappa shape index (κ2) is 13.0. The molecule has 0 spiro atoms. The Morgan fingerprint density at radius 2 is 0.431 bits per heavy atom. The van der Waals surface area contributed by atoms with Crippen LogP contribution in [0.4, 0.5) is 0 Å². The molecular formula is C58H36. The van der Waals surface area contributed by atoms with E-state index in [1.807, 2.05) is 0 Å². The molecule has 0 amide bonds. The normalized spacial score (nSPS) is 11.8. The van der Waals surface area contributed by atoms with E-state index in [4.69, 9.17) is 0 Å². The van der Waals surface area contributed by atoms with Crippen LogP contribution in [0.2, 0.25) is 0 Å². The molecule has 0 aliphatic carbocycles. The summed E-state index contributed by atoms with van der Waals surface area (Å²) in [6, 6.07) is 80.8. The molecule has 0 nitrogen and oxygen atoms in total. The van der Waals surface area contributed by atoms with Gasteiger partial charge in [0.1, 0.15) is 0 Å². The lowest BCUT2D eigenvalue weighted by atomic mass is 9.81. The fourth-order valence-corrected chi connectivity index (χ4v) is 10.1. The smallest absolute Gasteiger partial charge is 0.00199 e. The summed E-state index contributed by atoms with van der Waals surface area (Å²) in [7, 11) is 0. The van der Waals surface area contributed by atoms with E-state index >= 15 is 0 Å². The van der Waals surface area contributed by atoms with Gasteiger partial charge in [0, 0.05) is 0 Å². The fraction of sp³-hybridized carbons (Fsp3) is 0. The first-order valence-electron chi connectivity index (χ1n) is 20.2. The van der Waals surface area contributed by atoms with Crippen molar-refractivity contribution in [3.63, 3.8) is 0 Å². The van der Waals surface area contributed by atoms with Crippen LogP contribution in [0.5, 0.6) is 0 Å². The number of benzene rings is 12. The van der Waals surface area contributed by atoms with Gasteiger partial charge >= 0.3 is 0 Å². The van der Waals surface area contributed by atoms with E-state index in [1.54, 1.807) is 0 Å². The number of fused-ring (bicyclic) bond motifs is 9. The van der Waals surface area contributed by atoms with Gasteiger partial charge in [-0.1, -0.05) is 206 Å². The third kappa shape index (κ3) is 4.82. The Morgan fingerprint density at radius 1 is 0.190 bits per heavy atom. The van der Waals surface area contributed by atoms with Crippen molar-refractivity contribution in [2.75, 3.05) is 0 Å². The minimum atomic E-state index is 1.23. The molecule has 0 unspecified atom stereocenters. The third-order valence-electron chi connectivity index (χ3n) is 12.4. The Labute approximate surface area is 336 Å². The van der Waals surface area contributed by atoms with E-state index in [2.05, 4.69) is 218 Å². The van der Waals surface area contributed by atoms with Crippen molar-refractivity contribution in [2.45, 2.75) is 0 Å². The van der Waals surface area contributed by atoms with Gasteiger partial charge in [-0.2, -0.15) is 0 Å². The Bertz CT molecular complexity index is 3240. The second-order valence-corrected chi connectivity index (χ2v) is 15.5. The maximum absolute atomic E-state index is 2.49. The van der Waals surface area contributed by atoms with Crippen LogP contribution in [0.1, 0.15) is 0 Å². The molecule has 0 aromatic heterocycles. The van der Waals surface area contributed by atoms with Crippen molar-refractivity contribution in [1.29, 1.82) is 0 Å². The van der Waals surface area contributed by atoms with Crippen LogP contribution in [0.15, 0.2) is 218 Å². The van der Waals surface area contributed by atoms with Crippen LogP contribution in [0.3, 0.4) is 0 Å². The monoisotopic (exact) mass is 732 g/mol. The second-order valence-electron chi connectivity index (χ2n) is 15.5. The van der Waals surface area contributed by atoms with Crippen LogP contribution in [0.25, 0.3) is 120 Å². The largest absolute Gasteiger partial charge is 0.0622 e. The standard InChI is InChI=1S/C58H36/c1-3-19-37(20-4-1)54-44-27-11-15-31-48(44)57(49-32-16-12-28-45(49)54)52-35-39-36-53(41-24-8-10-26-43(41)56(39)42-25-9-7-23-40(42)52)58-50-33-17-13-29-46(50)55(38-21-5-2-6-22-38)47-30-14-18-34-51(47)58/h1-36H. The molecule has 0 aliphatic heterocycles. The number of hydrogen-bond acceptors (Lipinski definition) is 0. The third-order valence-corrected chi connectivity index (χ3v) is 12.4. The van der Waals surface area contributed by atoms with Gasteiger partial charge in [-0.05, 0) is 132 Å². The highest BCUT2D eigenvalue weighted by atomic mass is 14.3. The molecule has 0 radical (unpaired) electrons. The van der Waals surface area contributed by atoms with Crippen molar-refractivity contribution >= 4 is 75.4 Å². The zero-order valence-corrected chi connectivity index (χ0v) is 31.8. The number of hydrogen-bond donors (Lipinski definition) is 0. The van der Waals surface area contributed by atoms with Crippen molar-refractivity contribution in [1.82, 2.24) is 0 Å². The zero-order valence-electron chi connectivity index (χ0n) is 31.8. The number of rotatable bonds is 4. The first-order valence-corrected chi connectivity index (χ1v) is 20.2. The van der Waals surface area contributed by atoms with Gasteiger partial charge in [0.05, 0.1) is 0 Å². The van der Waals surface area contributed by atoms with Crippen LogP contribution < -0.4 is 0 Å². The molecule has 0 N–H and O–H groups in total. The van der Waals surface area contributed by atoms with Gasteiger partial charge in [-0.3, -0.25) is 0 Å². The Balaban J connectivity index is 1.24. The first-order chi connectivity index (χ1) is 28.8. The summed E-state index contributed by atoms with van der Waals surface area (Å²) in [5.41, 5.74) is 10.1. The summed E-state index contributed by atoms with van der Waals surface area (Å²) >= 11 is 0. The van der Waals surface area contributed by atoms with E-state index in [0.717, 1.165) is 0 Å². The predicted molar refractivity (Wildman–Crippen MR) is 251 cm³/mol. The van der Waals surface area contributed by atoms with Crippen LogP contribution in [-0.4, -0.2) is 0 Å². The predicted octanol–water partition coefficient (Wildman–Crippen LogP) is 16.4. The maximum atomic E-state index is 2.49. The Morgan fingerprint density at radius 3 is 0.741 bits per heavy atom. The topological polar surface area (TPSA) is 0 Å². The minimum absolute atomic E-state index is 1.23. The molecule has 12 aromatic rings. The van der Waals surface area contributed by atoms with Gasteiger partial charge in [-0.15, -0.1) is 0 Å². The lowest BCUT2D eigenvalue weighted by molar-refractivity contribution is 1.66. The van der Waals surface area contributed by atoms with Crippen molar-refractivity contribution in [2.24, 2.45) is 0 Å². The molecule has 0 fully saturated rings. The fourth-order valence-electron chi connectivity index (χ4n) is 10.1. The van der Waals surface area contributed by atoms with E-state index in [1.165, 1.54) is 120 Å². The SMILES string of the molecule is c1ccc(-c2c3ccccc3c(-c3cc4cc(-c5c6ccccc6c(-c6ccccc6)c6ccccc56)c5ccccc5c4c4ccccc34)c3ccccc23)cc1. The summed E-state index contributed by atoms with van der Waals surface area (Å²) in [6.07, 6.45) is 0. The van der Waals surface area contributed by atoms with Crippen LogP contribution in [-0.2, 0) is 0 Å². The zero-order chi connectivity index (χ0) is 38.2. The molecule has 0 bridgehead atoms. The molecular weight excluding hydrogens is 697 g/mol. The molecule has 0 aliphatic rings. The summed E-state index contributed by atoms with van der Waals surface area (Å²) in [5.74, 6) is 0. The lowest BCUT2D eigenvalue weighted by Crippen LogP contribution is -1.94. The van der Waals surface area contributed by atoms with Crippen molar-refractivity contribution in [3.8, 4) is 44.5 Å². The van der Waals surface area contributed by atoms with E-state index < -0.39 is 0 Å². The van der Waals surface area contributed by atoms with E-state index in [9.17, 15) is 0 Å². The molecule has 268 valence electrons. The van der Waals surface area contributed by atoms with Gasteiger partial charge in [0.25, 0.3) is 0 Å². The minimum Gasteiger partial charge on any atom is -0.0622 e. The summed E-state index contributed by atoms with van der Waals surface area (Å²) in [5, 5.41) is 17.7. The van der Waals surface area contributed by atoms with E-state index in [-0.39, 0.29) is 0 Å². The quantitative estimate of drug-likeness (QED) is 0.125. The van der Waals surface area contributed by atoms with Gasteiger partial charge < -0.3 is 0 Å². The van der Waals surface area contributed by atoms with E-state index in [0.29, 0.717) is 0 Å². The van der Waals surface area contributed by atoms with Crippen molar-refractivity contribution in [3.05, 3.63) is 218 Å². The molecule has 0 saturated heterocycles. The van der Waals surface area contributed by atoms with Crippen LogP contribution >= 0.6 is 0 Å². The Hall–Kier alpha value is -7.54. The summed E-state index contributed by atoms with van der Waals surface area (Å²) in [4.78, 5) is 0. The highest BCUT2D eigenvalue weighted by molar-refractivity contribution is 6.32. The molecule has 0 atom stereocenters. The molecule has 12 rings (SSSR count). The highest BCUT2D eigenvalue weighted by Crippen LogP contribution is 2.50. The maximum Gasteiger partial charge on any atom is -0.00199 e. The molecule has 0 saturated carbocycles. The average Bonchev–Trinajstić information content (AvgIpc) is 3.30. The molecule has 12 aromatic carbocycles. The van der Waals surface area contributed by atoms with Gasteiger partial charge in [-0.25, -0.2) is 0 Å². The summed E-state index contributed by atoms with van der Waals surface area (Å²) in [6.45, 7) is 0. The average molecular weight is 733 g/mol. The van der Waals surface area contributed by atoms with Crippen LogP contribution in [0, 0.1) is 0 Å². The van der Waals surface area contributed by atoms with Gasteiger partial charge in [0.2, 0.25) is 0 Å². The Kier molecular flexibility index (Phi) is 7.33. The first kappa shape index (κ1) is 32.7. The van der Waals surface area contributed by atoms with Crippen molar-refractivity contribution < 1.29 is 0 Å². The molecule has 0 heterocycles. The lowest BCUT2D eigenvalue weighted by Gasteiger charge is -2.22. The molecule has 0 heteroatoms. The summed E-state index contributed by atoms with van der Waals surface area (Å²) < 4.78 is 0. The van der Waals surface area contributed by atoms with Gasteiger partial charge in [0.15, 0.2) is 0 Å². The molecule has 58 heavy (non-hydrogen) atoms. The highest BCUT2D eigenvalue weighted by Gasteiger charge is 2.22.